The lowest BCUT2D eigenvalue weighted by atomic mass is 9.89. The van der Waals surface area contributed by atoms with E-state index in [2.05, 4.69) is 36.5 Å². The highest BCUT2D eigenvalue weighted by molar-refractivity contribution is 7.25. The Morgan fingerprint density at radius 3 is 2.89 bits per heavy atom. The Labute approximate surface area is 209 Å². The van der Waals surface area contributed by atoms with Crippen molar-refractivity contribution in [1.82, 2.24) is 15.0 Å². The van der Waals surface area contributed by atoms with Crippen molar-refractivity contribution in [2.75, 3.05) is 7.11 Å². The van der Waals surface area contributed by atoms with E-state index in [9.17, 15) is 4.39 Å². The number of rotatable bonds is 8. The Kier molecular flexibility index (Phi) is 6.55. The highest BCUT2D eigenvalue weighted by Gasteiger charge is 2.28. The number of halogens is 1. The van der Waals surface area contributed by atoms with E-state index < -0.39 is 0 Å². The van der Waals surface area contributed by atoms with Gasteiger partial charge in [-0.1, -0.05) is 12.1 Å². The fourth-order valence-electron chi connectivity index (χ4n) is 4.86. The largest absolute Gasteiger partial charge is 0.494 e. The van der Waals surface area contributed by atoms with Gasteiger partial charge in [0, 0.05) is 17.4 Å². The normalized spacial score (nSPS) is 15.8. The van der Waals surface area contributed by atoms with E-state index >= 15 is 0 Å². The Balaban J connectivity index is 1.45. The summed E-state index contributed by atoms with van der Waals surface area (Å²) in [7, 11) is 1.48. The zero-order chi connectivity index (χ0) is 24.6. The third-order valence-electron chi connectivity index (χ3n) is 6.80. The smallest absolute Gasteiger partial charge is 0.165 e. The molecule has 0 spiro atoms. The third-order valence-corrected chi connectivity index (χ3v) is 7.93. The molecule has 4 aromatic rings. The number of nitrogens with zero attached hydrogens (tertiary/aromatic N) is 3. The van der Waals surface area contributed by atoms with E-state index in [1.54, 1.807) is 29.8 Å². The van der Waals surface area contributed by atoms with E-state index in [4.69, 9.17) is 14.5 Å². The number of fused-ring (bicyclic) bond motifs is 4. The van der Waals surface area contributed by atoms with Crippen molar-refractivity contribution in [2.45, 2.75) is 64.1 Å². The van der Waals surface area contributed by atoms with Crippen LogP contribution in [-0.2, 0) is 24.2 Å². The molecule has 0 bridgehead atoms. The number of thiophene rings is 1. The van der Waals surface area contributed by atoms with Crippen molar-refractivity contribution in [3.8, 4) is 5.75 Å². The van der Waals surface area contributed by atoms with E-state index in [0.29, 0.717) is 6.61 Å². The molecule has 1 aromatic carbocycles. The first-order valence-electron chi connectivity index (χ1n) is 12.0. The molecule has 0 N–H and O–H groups in total. The summed E-state index contributed by atoms with van der Waals surface area (Å²) in [5.74, 6) is 0.130. The van der Waals surface area contributed by atoms with Gasteiger partial charge in [0.1, 0.15) is 11.2 Å². The van der Waals surface area contributed by atoms with Gasteiger partial charge >= 0.3 is 0 Å². The van der Waals surface area contributed by atoms with Crippen LogP contribution in [0.5, 0.6) is 5.75 Å². The van der Waals surface area contributed by atoms with Crippen LogP contribution in [0.2, 0.25) is 0 Å². The van der Waals surface area contributed by atoms with Crippen LogP contribution in [0, 0.1) is 5.82 Å². The Hall–Kier alpha value is -2.90. The molecular formula is C28H30FN3O2S. The lowest BCUT2D eigenvalue weighted by Crippen LogP contribution is -2.32. The molecule has 1 aliphatic rings. The van der Waals surface area contributed by atoms with Crippen LogP contribution in [0.25, 0.3) is 20.4 Å². The summed E-state index contributed by atoms with van der Waals surface area (Å²) in [5.41, 5.74) is 5.00. The topological polar surface area (TPSA) is 57.1 Å². The maximum Gasteiger partial charge on any atom is 0.165 e. The number of aromatic nitrogens is 3. The molecule has 4 heterocycles. The Bertz CT molecular complexity index is 1400. The van der Waals surface area contributed by atoms with Gasteiger partial charge in [-0.15, -0.1) is 17.9 Å². The standard InChI is InChI=1S/C28H30FN3O2S/c1-5-6-7-17(18-9-11-24(33-4)21(29)13-18)8-10-22-26-25(31-16-30-22)20-12-19-15-34-28(2,3)14-23(19)32-27(20)35-26/h5,9,11-13,16-17H,1,6-8,10,14-15H2,2-4H3. The predicted octanol–water partition coefficient (Wildman–Crippen LogP) is 6.92. The second kappa shape index (κ2) is 9.63. The van der Waals surface area contributed by atoms with Gasteiger partial charge < -0.3 is 9.47 Å². The van der Waals surface area contributed by atoms with Gasteiger partial charge in [-0.05, 0) is 69.2 Å². The molecule has 1 atom stereocenters. The number of hydrogen-bond donors (Lipinski definition) is 0. The monoisotopic (exact) mass is 491 g/mol. The lowest BCUT2D eigenvalue weighted by Gasteiger charge is -2.30. The number of pyridine rings is 1. The molecule has 1 unspecified atom stereocenters. The van der Waals surface area contributed by atoms with Crippen LogP contribution >= 0.6 is 11.3 Å². The molecule has 1 aliphatic heterocycles. The number of aryl methyl sites for hydroxylation is 1. The van der Waals surface area contributed by atoms with Crippen LogP contribution in [0.15, 0.2) is 43.2 Å². The fourth-order valence-corrected chi connectivity index (χ4v) is 6.00. The van der Waals surface area contributed by atoms with Gasteiger partial charge in [0.05, 0.1) is 40.9 Å². The third kappa shape index (κ3) is 4.80. The average Bonchev–Trinajstić information content (AvgIpc) is 3.20. The molecule has 5 nitrogen and oxygen atoms in total. The maximum absolute atomic E-state index is 14.4. The molecule has 0 aliphatic carbocycles. The fraction of sp³-hybridized carbons (Fsp3) is 0.393. The molecular weight excluding hydrogens is 461 g/mol. The number of methoxy groups -OCH3 is 1. The number of benzene rings is 1. The van der Waals surface area contributed by atoms with Crippen molar-refractivity contribution < 1.29 is 13.9 Å². The summed E-state index contributed by atoms with van der Waals surface area (Å²) in [6, 6.07) is 7.46. The van der Waals surface area contributed by atoms with Gasteiger partial charge in [0.25, 0.3) is 0 Å². The zero-order valence-electron chi connectivity index (χ0n) is 20.4. The molecule has 0 amide bonds. The van der Waals surface area contributed by atoms with Crippen molar-refractivity contribution in [3.63, 3.8) is 0 Å². The minimum atomic E-state index is -0.329. The van der Waals surface area contributed by atoms with Crippen molar-refractivity contribution in [2.24, 2.45) is 0 Å². The van der Waals surface area contributed by atoms with E-state index in [1.165, 1.54) is 7.11 Å². The summed E-state index contributed by atoms with van der Waals surface area (Å²) in [6.07, 6.45) is 7.76. The summed E-state index contributed by atoms with van der Waals surface area (Å²) >= 11 is 1.66. The average molecular weight is 492 g/mol. The Morgan fingerprint density at radius 1 is 1.26 bits per heavy atom. The summed E-state index contributed by atoms with van der Waals surface area (Å²) in [4.78, 5) is 15.3. The van der Waals surface area contributed by atoms with Crippen LogP contribution in [0.3, 0.4) is 0 Å². The summed E-state index contributed by atoms with van der Waals surface area (Å²) in [5, 5.41) is 1.07. The lowest BCUT2D eigenvalue weighted by molar-refractivity contribution is -0.0411. The molecule has 3 aromatic heterocycles. The molecule has 35 heavy (non-hydrogen) atoms. The highest BCUT2D eigenvalue weighted by Crippen LogP contribution is 2.38. The van der Waals surface area contributed by atoms with Gasteiger partial charge in [-0.25, -0.2) is 19.3 Å². The van der Waals surface area contributed by atoms with Crippen LogP contribution in [0.1, 0.15) is 61.5 Å². The van der Waals surface area contributed by atoms with Crippen molar-refractivity contribution in [1.29, 1.82) is 0 Å². The summed E-state index contributed by atoms with van der Waals surface area (Å²) < 4.78 is 26.6. The number of allylic oxidation sites excluding steroid dienone is 1. The Morgan fingerprint density at radius 2 is 2.11 bits per heavy atom. The van der Waals surface area contributed by atoms with E-state index in [1.807, 2.05) is 12.1 Å². The molecule has 182 valence electrons. The molecule has 0 radical (unpaired) electrons. The van der Waals surface area contributed by atoms with Crippen molar-refractivity contribution in [3.05, 3.63) is 71.6 Å². The SMILES string of the molecule is C=CCCC(CCc1ncnc2c1sc1nc3c(cc12)COC(C)(C)C3)c1ccc(OC)c(F)c1. The first-order chi connectivity index (χ1) is 16.9. The van der Waals surface area contributed by atoms with Crippen LogP contribution in [0.4, 0.5) is 4.39 Å². The van der Waals surface area contributed by atoms with Crippen molar-refractivity contribution >= 4 is 31.8 Å². The highest BCUT2D eigenvalue weighted by atomic mass is 32.1. The van der Waals surface area contributed by atoms with Gasteiger partial charge in [-0.2, -0.15) is 0 Å². The minimum absolute atomic E-state index is 0.192. The van der Waals surface area contributed by atoms with E-state index in [-0.39, 0.29) is 23.1 Å². The number of ether oxygens (including phenoxy) is 2. The van der Waals surface area contributed by atoms with E-state index in [0.717, 1.165) is 75.1 Å². The number of hydrogen-bond acceptors (Lipinski definition) is 6. The quantitative estimate of drug-likeness (QED) is 0.250. The van der Waals surface area contributed by atoms with Gasteiger partial charge in [0.15, 0.2) is 11.6 Å². The first kappa shape index (κ1) is 23.8. The second-order valence-corrected chi connectivity index (χ2v) is 10.8. The maximum atomic E-state index is 14.4. The van der Waals surface area contributed by atoms with Gasteiger partial charge in [-0.3, -0.25) is 0 Å². The molecule has 0 fully saturated rings. The second-order valence-electron chi connectivity index (χ2n) is 9.77. The zero-order valence-corrected chi connectivity index (χ0v) is 21.3. The van der Waals surface area contributed by atoms with Crippen LogP contribution in [-0.4, -0.2) is 27.7 Å². The molecule has 7 heteroatoms. The molecule has 5 rings (SSSR count). The van der Waals surface area contributed by atoms with Gasteiger partial charge in [0.2, 0.25) is 0 Å². The first-order valence-corrected chi connectivity index (χ1v) is 12.8. The molecule has 0 saturated carbocycles. The predicted molar refractivity (Wildman–Crippen MR) is 139 cm³/mol. The van der Waals surface area contributed by atoms with Crippen LogP contribution < -0.4 is 4.74 Å². The molecule has 0 saturated heterocycles. The minimum Gasteiger partial charge on any atom is -0.494 e. The summed E-state index contributed by atoms with van der Waals surface area (Å²) in [6.45, 7) is 8.65.